The molecule has 3 rings (SSSR count). The number of nitrogens with one attached hydrogen (secondary N) is 1. The summed E-state index contributed by atoms with van der Waals surface area (Å²) in [6.45, 7) is 0.374. The normalized spacial score (nSPS) is 11.4. The summed E-state index contributed by atoms with van der Waals surface area (Å²) in [4.78, 5) is -0.0461. The Balaban J connectivity index is 1.73. The number of halogens is 2. The Morgan fingerprint density at radius 3 is 2.17 bits per heavy atom. The van der Waals surface area contributed by atoms with Crippen molar-refractivity contribution in [3.63, 3.8) is 0 Å². The van der Waals surface area contributed by atoms with Gasteiger partial charge in [0.05, 0.1) is 23.3 Å². The minimum absolute atomic E-state index is 0.0461. The van der Waals surface area contributed by atoms with Crippen LogP contribution in [0.4, 0.5) is 14.5 Å². The van der Waals surface area contributed by atoms with Gasteiger partial charge in [0.15, 0.2) is 0 Å². The zero-order valence-electron chi connectivity index (χ0n) is 12.4. The lowest BCUT2D eigenvalue weighted by Gasteiger charge is -2.05. The zero-order chi connectivity index (χ0) is 17.2. The molecular formula is C16H13F2N3O2S. The van der Waals surface area contributed by atoms with E-state index in [2.05, 4.69) is 9.82 Å². The molecule has 0 unspecified atom stereocenters. The molecule has 2 aromatic carbocycles. The van der Waals surface area contributed by atoms with Crippen LogP contribution in [0.3, 0.4) is 0 Å². The van der Waals surface area contributed by atoms with Crippen LogP contribution in [-0.4, -0.2) is 18.2 Å². The summed E-state index contributed by atoms with van der Waals surface area (Å²) < 4.78 is 54.1. The Labute approximate surface area is 137 Å². The van der Waals surface area contributed by atoms with E-state index in [1.165, 1.54) is 41.3 Å². The van der Waals surface area contributed by atoms with Crippen molar-refractivity contribution in [3.8, 4) is 0 Å². The molecule has 124 valence electrons. The van der Waals surface area contributed by atoms with Crippen molar-refractivity contribution in [3.05, 3.63) is 78.1 Å². The van der Waals surface area contributed by atoms with Gasteiger partial charge in [0.2, 0.25) is 0 Å². The third-order valence-corrected chi connectivity index (χ3v) is 4.66. The lowest BCUT2D eigenvalue weighted by Crippen LogP contribution is -2.12. The predicted molar refractivity (Wildman–Crippen MR) is 84.9 cm³/mol. The van der Waals surface area contributed by atoms with E-state index < -0.39 is 15.8 Å². The molecule has 5 nitrogen and oxygen atoms in total. The molecule has 1 aromatic heterocycles. The van der Waals surface area contributed by atoms with Crippen molar-refractivity contribution < 1.29 is 17.2 Å². The number of aromatic nitrogens is 2. The van der Waals surface area contributed by atoms with Gasteiger partial charge < -0.3 is 0 Å². The highest BCUT2D eigenvalue weighted by atomic mass is 32.2. The maximum atomic E-state index is 12.9. The first kappa shape index (κ1) is 16.1. The molecule has 1 heterocycles. The van der Waals surface area contributed by atoms with Crippen LogP contribution < -0.4 is 4.72 Å². The molecule has 24 heavy (non-hydrogen) atoms. The maximum Gasteiger partial charge on any atom is 0.261 e. The first-order chi connectivity index (χ1) is 11.4. The van der Waals surface area contributed by atoms with Gasteiger partial charge in [0, 0.05) is 6.20 Å². The van der Waals surface area contributed by atoms with E-state index in [4.69, 9.17) is 0 Å². The lowest BCUT2D eigenvalue weighted by atomic mass is 10.2. The Hall–Kier alpha value is -2.74. The second-order valence-corrected chi connectivity index (χ2v) is 6.79. The summed E-state index contributed by atoms with van der Waals surface area (Å²) in [5.74, 6) is -0.840. The molecule has 0 amide bonds. The number of benzene rings is 2. The topological polar surface area (TPSA) is 64.0 Å². The van der Waals surface area contributed by atoms with Crippen molar-refractivity contribution in [2.45, 2.75) is 11.4 Å². The van der Waals surface area contributed by atoms with Crippen molar-refractivity contribution in [1.29, 1.82) is 0 Å². The van der Waals surface area contributed by atoms with Crippen LogP contribution >= 0.6 is 0 Å². The third kappa shape index (κ3) is 3.77. The minimum atomic E-state index is -3.81. The predicted octanol–water partition coefficient (Wildman–Crippen LogP) is 3.01. The Morgan fingerprint density at radius 2 is 1.54 bits per heavy atom. The standard InChI is InChI=1S/C16H13F2N3O2S/c17-13-3-1-12(2-4-13)10-21-11-15(9-19-21)20-24(22,23)16-7-5-14(18)6-8-16/h1-9,11,20H,10H2. The van der Waals surface area contributed by atoms with Gasteiger partial charge in [-0.05, 0) is 42.0 Å². The fourth-order valence-electron chi connectivity index (χ4n) is 2.11. The van der Waals surface area contributed by atoms with E-state index in [1.807, 2.05) is 0 Å². The highest BCUT2D eigenvalue weighted by molar-refractivity contribution is 7.92. The van der Waals surface area contributed by atoms with Crippen LogP contribution in [0.2, 0.25) is 0 Å². The SMILES string of the molecule is O=S(=O)(Nc1cnn(Cc2ccc(F)cc2)c1)c1ccc(F)cc1. The largest absolute Gasteiger partial charge is 0.276 e. The van der Waals surface area contributed by atoms with Gasteiger partial charge in [-0.25, -0.2) is 17.2 Å². The summed E-state index contributed by atoms with van der Waals surface area (Å²) >= 11 is 0. The summed E-state index contributed by atoms with van der Waals surface area (Å²) in [7, 11) is -3.81. The molecule has 3 aromatic rings. The van der Waals surface area contributed by atoms with Gasteiger partial charge in [-0.3, -0.25) is 9.40 Å². The van der Waals surface area contributed by atoms with Crippen LogP contribution in [0.15, 0.2) is 65.8 Å². The Bertz CT molecular complexity index is 936. The van der Waals surface area contributed by atoms with Gasteiger partial charge >= 0.3 is 0 Å². The summed E-state index contributed by atoms with van der Waals surface area (Å²) in [5, 5.41) is 4.06. The maximum absolute atomic E-state index is 12.9. The molecule has 0 saturated heterocycles. The summed E-state index contributed by atoms with van der Waals surface area (Å²) in [5.41, 5.74) is 1.11. The van der Waals surface area contributed by atoms with E-state index in [9.17, 15) is 17.2 Å². The van der Waals surface area contributed by atoms with E-state index in [-0.39, 0.29) is 16.4 Å². The number of hydrogen-bond acceptors (Lipinski definition) is 3. The van der Waals surface area contributed by atoms with Crippen LogP contribution in [0.1, 0.15) is 5.56 Å². The van der Waals surface area contributed by atoms with Gasteiger partial charge in [-0.2, -0.15) is 5.10 Å². The third-order valence-electron chi connectivity index (χ3n) is 3.27. The number of nitrogens with zero attached hydrogens (tertiary/aromatic N) is 2. The molecular weight excluding hydrogens is 336 g/mol. The number of rotatable bonds is 5. The van der Waals surface area contributed by atoms with E-state index in [0.29, 0.717) is 6.54 Å². The summed E-state index contributed by atoms with van der Waals surface area (Å²) in [6.07, 6.45) is 2.88. The Kier molecular flexibility index (Phi) is 4.30. The highest BCUT2D eigenvalue weighted by Gasteiger charge is 2.15. The van der Waals surface area contributed by atoms with Gasteiger partial charge in [-0.1, -0.05) is 12.1 Å². The smallest absolute Gasteiger partial charge is 0.261 e. The van der Waals surface area contributed by atoms with Crippen LogP contribution in [-0.2, 0) is 16.6 Å². The average molecular weight is 349 g/mol. The van der Waals surface area contributed by atoms with Crippen LogP contribution in [0, 0.1) is 11.6 Å². The number of anilines is 1. The molecule has 1 N–H and O–H groups in total. The van der Waals surface area contributed by atoms with Gasteiger partial charge in [0.1, 0.15) is 11.6 Å². The lowest BCUT2D eigenvalue weighted by molar-refractivity contribution is 0.599. The molecule has 0 aliphatic carbocycles. The van der Waals surface area contributed by atoms with E-state index in [1.54, 1.807) is 12.1 Å². The van der Waals surface area contributed by atoms with Gasteiger partial charge in [-0.15, -0.1) is 0 Å². The quantitative estimate of drug-likeness (QED) is 0.770. The van der Waals surface area contributed by atoms with E-state index in [0.717, 1.165) is 17.7 Å². The first-order valence-corrected chi connectivity index (χ1v) is 8.46. The molecule has 0 aliphatic rings. The fraction of sp³-hybridized carbons (Fsp3) is 0.0625. The molecule has 0 aliphatic heterocycles. The number of hydrogen-bond donors (Lipinski definition) is 1. The van der Waals surface area contributed by atoms with Gasteiger partial charge in [0.25, 0.3) is 10.0 Å². The molecule has 8 heteroatoms. The second-order valence-electron chi connectivity index (χ2n) is 5.11. The zero-order valence-corrected chi connectivity index (χ0v) is 13.2. The fourth-order valence-corrected chi connectivity index (χ4v) is 3.14. The minimum Gasteiger partial charge on any atom is -0.276 e. The van der Waals surface area contributed by atoms with Crippen molar-refractivity contribution in [2.75, 3.05) is 4.72 Å². The summed E-state index contributed by atoms with van der Waals surface area (Å²) in [6, 6.07) is 10.5. The van der Waals surface area contributed by atoms with Crippen LogP contribution in [0.25, 0.3) is 0 Å². The number of sulfonamides is 1. The first-order valence-electron chi connectivity index (χ1n) is 6.98. The van der Waals surface area contributed by atoms with E-state index >= 15 is 0 Å². The molecule has 0 bridgehead atoms. The van der Waals surface area contributed by atoms with Crippen molar-refractivity contribution in [1.82, 2.24) is 9.78 Å². The average Bonchev–Trinajstić information content (AvgIpc) is 2.96. The van der Waals surface area contributed by atoms with Crippen LogP contribution in [0.5, 0.6) is 0 Å². The molecule has 0 fully saturated rings. The molecule has 0 spiro atoms. The van der Waals surface area contributed by atoms with Crippen molar-refractivity contribution in [2.24, 2.45) is 0 Å². The molecule has 0 radical (unpaired) electrons. The highest BCUT2D eigenvalue weighted by Crippen LogP contribution is 2.16. The molecule has 0 saturated carbocycles. The molecule has 0 atom stereocenters. The second kappa shape index (κ2) is 6.40. The monoisotopic (exact) mass is 349 g/mol. The van der Waals surface area contributed by atoms with Crippen molar-refractivity contribution >= 4 is 15.7 Å². The Morgan fingerprint density at radius 1 is 0.958 bits per heavy atom.